The first kappa shape index (κ1) is 40.3. The Morgan fingerprint density at radius 2 is 1.02 bits per heavy atom. The molecule has 2 rings (SSSR count). The summed E-state index contributed by atoms with van der Waals surface area (Å²) >= 11 is 0. The molecule has 9 unspecified atom stereocenters. The first-order chi connectivity index (χ1) is 21.4. The van der Waals surface area contributed by atoms with Gasteiger partial charge in [-0.05, 0) is 5.56 Å². The molecule has 1 aromatic rings. The minimum atomic E-state index is -1.32. The van der Waals surface area contributed by atoms with Gasteiger partial charge in [-0.25, -0.2) is 0 Å². The average molecular weight is 660 g/mol. The molecule has 0 spiro atoms. The van der Waals surface area contributed by atoms with E-state index in [-0.39, 0.29) is 42.4 Å². The fourth-order valence-corrected chi connectivity index (χ4v) is 6.44. The number of nitrogens with zero attached hydrogens (tertiary/aromatic N) is 5. The third kappa shape index (κ3) is 12.3. The molecule has 15 heteroatoms. The summed E-state index contributed by atoms with van der Waals surface area (Å²) in [6, 6.07) is 6.17. The second kappa shape index (κ2) is 17.5. The lowest BCUT2D eigenvalue weighted by molar-refractivity contribution is -1.03. The Morgan fingerprint density at radius 1 is 0.652 bits per heavy atom. The van der Waals surface area contributed by atoms with Gasteiger partial charge in [0, 0.05) is 72.2 Å². The maximum Gasteiger partial charge on any atom is 0.269 e. The van der Waals surface area contributed by atoms with E-state index in [2.05, 4.69) is 0 Å². The summed E-state index contributed by atoms with van der Waals surface area (Å²) in [5.74, 6) is 0. The van der Waals surface area contributed by atoms with Gasteiger partial charge in [-0.2, -0.15) is 0 Å². The highest BCUT2D eigenvalue weighted by atomic mass is 16.6. The maximum absolute atomic E-state index is 13.0. The fourth-order valence-electron chi connectivity index (χ4n) is 6.44. The number of methoxy groups -OCH3 is 4. The van der Waals surface area contributed by atoms with Crippen molar-refractivity contribution in [2.24, 2.45) is 0 Å². The molecule has 9 atom stereocenters. The molecule has 0 radical (unpaired) electrons. The summed E-state index contributed by atoms with van der Waals surface area (Å²) in [5.41, 5.74) is 0.840. The van der Waals surface area contributed by atoms with Gasteiger partial charge in [0.1, 0.15) is 51.9 Å². The molecule has 0 bridgehead atoms. The highest BCUT2D eigenvalue weighted by Crippen LogP contribution is 2.25. The molecule has 0 saturated carbocycles. The third-order valence-corrected chi connectivity index (χ3v) is 10.0. The van der Waals surface area contributed by atoms with Crippen LogP contribution in [0.25, 0.3) is 0 Å². The Morgan fingerprint density at radius 3 is 1.43 bits per heavy atom. The number of rotatable bonds is 15. The van der Waals surface area contributed by atoms with Crippen molar-refractivity contribution in [1.29, 1.82) is 0 Å². The number of nitro groups is 1. The van der Waals surface area contributed by atoms with E-state index in [4.69, 9.17) is 18.9 Å². The van der Waals surface area contributed by atoms with Crippen molar-refractivity contribution in [3.05, 3.63) is 39.9 Å². The number of quaternary nitrogens is 4. The first-order valence-corrected chi connectivity index (χ1v) is 15.8. The van der Waals surface area contributed by atoms with Gasteiger partial charge in [-0.15, -0.1) is 0 Å². The Balaban J connectivity index is 2.71. The minimum absolute atomic E-state index is 0.0169. The maximum atomic E-state index is 13.0. The lowest BCUT2D eigenvalue weighted by atomic mass is 9.99. The summed E-state index contributed by atoms with van der Waals surface area (Å²) in [5, 5.41) is 62.7. The van der Waals surface area contributed by atoms with Gasteiger partial charge in [-0.1, -0.05) is 12.1 Å². The van der Waals surface area contributed by atoms with Crippen molar-refractivity contribution in [2.75, 3.05) is 129 Å². The largest absolute Gasteiger partial charge is 0.827 e. The number of nitro benzene ring substituents is 1. The summed E-state index contributed by atoms with van der Waals surface area (Å²) in [6.07, 6.45) is -4.65. The SMILES string of the molecule is COC([O-])C[N+]1(C)CC[N+](C)(CC([O-])OC)CC[N+](C)(CC([O-])OC)C(Cc2ccc([N+](=O)[O-])cc2)C[N+](C)(CC([O-])OC)CC1. The van der Waals surface area contributed by atoms with Crippen LogP contribution in [0.2, 0.25) is 0 Å². The molecular weight excluding hydrogens is 602 g/mol. The Kier molecular flexibility index (Phi) is 15.3. The smallest absolute Gasteiger partial charge is 0.269 e. The van der Waals surface area contributed by atoms with Crippen molar-refractivity contribution in [3.63, 3.8) is 0 Å². The molecule has 266 valence electrons. The van der Waals surface area contributed by atoms with Gasteiger partial charge in [-0.3, -0.25) is 10.1 Å². The van der Waals surface area contributed by atoms with E-state index < -0.39 is 30.1 Å². The van der Waals surface area contributed by atoms with Gasteiger partial charge >= 0.3 is 0 Å². The van der Waals surface area contributed by atoms with Crippen LogP contribution < -0.4 is 20.4 Å². The number of ether oxygens (including phenoxy) is 4. The molecule has 1 aliphatic heterocycles. The molecule has 1 aromatic carbocycles. The normalized spacial score (nSPS) is 32.5. The standard InChI is InChI=1S/C31H57N5O10/c1-33(21-28(37)43-5)13-14-34(2,22-29(38)44-6)17-18-36(4,24-31(40)46-8)27(19-25-9-11-26(12-10-25)32(41)42)20-35(3,16-15-33)23-30(39)45-7/h9-12,27-31H,13-24H2,1-8H3. The molecule has 0 N–H and O–H groups in total. The van der Waals surface area contributed by atoms with Crippen LogP contribution in [-0.2, 0) is 25.4 Å². The monoisotopic (exact) mass is 659 g/mol. The van der Waals surface area contributed by atoms with Crippen LogP contribution >= 0.6 is 0 Å². The van der Waals surface area contributed by atoms with E-state index in [1.807, 2.05) is 28.2 Å². The van der Waals surface area contributed by atoms with Crippen LogP contribution in [0, 0.1) is 10.1 Å². The minimum Gasteiger partial charge on any atom is -0.827 e. The van der Waals surface area contributed by atoms with E-state index in [0.717, 1.165) is 5.56 Å². The number of likely N-dealkylation sites (N-methyl/N-ethyl adjacent to an activating group) is 4. The van der Waals surface area contributed by atoms with Crippen LogP contribution in [0.5, 0.6) is 0 Å². The molecular formula is C31H57N5O10. The predicted molar refractivity (Wildman–Crippen MR) is 162 cm³/mol. The van der Waals surface area contributed by atoms with E-state index in [1.54, 1.807) is 12.1 Å². The van der Waals surface area contributed by atoms with Gasteiger partial charge < -0.3 is 57.3 Å². The molecule has 0 amide bonds. The topological polar surface area (TPSA) is 172 Å². The molecule has 1 heterocycles. The number of hydrogen-bond donors (Lipinski definition) is 0. The molecule has 0 aromatic heterocycles. The zero-order valence-electron chi connectivity index (χ0n) is 29.0. The lowest BCUT2D eigenvalue weighted by Gasteiger charge is -2.52. The lowest BCUT2D eigenvalue weighted by Crippen LogP contribution is -2.71. The summed E-state index contributed by atoms with van der Waals surface area (Å²) in [4.78, 5) is 10.9. The van der Waals surface area contributed by atoms with Gasteiger partial charge in [0.2, 0.25) is 0 Å². The molecule has 1 saturated heterocycles. The van der Waals surface area contributed by atoms with Crippen molar-refractivity contribution >= 4 is 5.69 Å². The molecule has 46 heavy (non-hydrogen) atoms. The van der Waals surface area contributed by atoms with E-state index in [0.29, 0.717) is 65.7 Å². The Bertz CT molecular complexity index is 1070. The van der Waals surface area contributed by atoms with E-state index >= 15 is 0 Å². The van der Waals surface area contributed by atoms with Crippen molar-refractivity contribution in [2.45, 2.75) is 37.6 Å². The quantitative estimate of drug-likeness (QED) is 0.0801. The fraction of sp³-hybridized carbons (Fsp3) is 0.806. The first-order valence-electron chi connectivity index (χ1n) is 15.8. The molecule has 0 aliphatic carbocycles. The summed E-state index contributed by atoms with van der Waals surface area (Å²) < 4.78 is 22.0. The van der Waals surface area contributed by atoms with Crippen molar-refractivity contribution < 1.29 is 62.2 Å². The highest BCUT2D eigenvalue weighted by Gasteiger charge is 2.44. The highest BCUT2D eigenvalue weighted by molar-refractivity contribution is 5.33. The van der Waals surface area contributed by atoms with Gasteiger partial charge in [0.05, 0.1) is 59.3 Å². The van der Waals surface area contributed by atoms with Crippen molar-refractivity contribution in [1.82, 2.24) is 0 Å². The second-order valence-corrected chi connectivity index (χ2v) is 14.0. The number of non-ortho nitro benzene ring substituents is 1. The van der Waals surface area contributed by atoms with Crippen molar-refractivity contribution in [3.8, 4) is 0 Å². The van der Waals surface area contributed by atoms with Crippen LogP contribution in [0.4, 0.5) is 5.69 Å². The van der Waals surface area contributed by atoms with Gasteiger partial charge in [0.25, 0.3) is 5.69 Å². The number of benzene rings is 1. The summed E-state index contributed by atoms with van der Waals surface area (Å²) in [6.45, 7) is 4.43. The van der Waals surface area contributed by atoms with Crippen LogP contribution in [0.1, 0.15) is 5.56 Å². The molecule has 1 aliphatic rings. The zero-order valence-corrected chi connectivity index (χ0v) is 29.0. The van der Waals surface area contributed by atoms with Crippen LogP contribution in [0.15, 0.2) is 24.3 Å². The predicted octanol–water partition coefficient (Wildman–Crippen LogP) is -3.36. The average Bonchev–Trinajstić information content (AvgIpc) is 3.01. The summed E-state index contributed by atoms with van der Waals surface area (Å²) in [7, 11) is 13.6. The number of hydrogen-bond acceptors (Lipinski definition) is 10. The third-order valence-electron chi connectivity index (χ3n) is 10.0. The zero-order chi connectivity index (χ0) is 34.8. The Hall–Kier alpha value is -1.86. The van der Waals surface area contributed by atoms with Crippen LogP contribution in [0.3, 0.4) is 0 Å². The molecule has 1 fully saturated rings. The molecule has 15 nitrogen and oxygen atoms in total. The van der Waals surface area contributed by atoms with Gasteiger partial charge in [0.15, 0.2) is 0 Å². The second-order valence-electron chi connectivity index (χ2n) is 14.0. The van der Waals surface area contributed by atoms with E-state index in [1.165, 1.54) is 40.6 Å². The van der Waals surface area contributed by atoms with Crippen LogP contribution in [-0.4, -0.2) is 183 Å². The Labute approximate surface area is 274 Å². The van der Waals surface area contributed by atoms with E-state index in [9.17, 15) is 30.5 Å².